The van der Waals surface area contributed by atoms with Crippen LogP contribution in [0.3, 0.4) is 0 Å². The van der Waals surface area contributed by atoms with Crippen LogP contribution < -0.4 is 5.73 Å². The number of carboxylic acid groups (broad SMARTS) is 1. The van der Waals surface area contributed by atoms with Gasteiger partial charge in [0.05, 0.1) is 0 Å². The monoisotopic (exact) mass is 163 g/mol. The quantitative estimate of drug-likeness (QED) is 0.648. The fraction of sp³-hybridized carbons (Fsp3) is 0.857. The molecule has 0 spiro atoms. The predicted octanol–water partition coefficient (Wildman–Crippen LogP) is 0.927. The molecule has 0 aromatic rings. The Morgan fingerprint density at radius 2 is 2.27 bits per heavy atom. The molecule has 3 N–H and O–H groups in total. The first-order chi connectivity index (χ1) is 4.95. The molecule has 0 amide bonds. The van der Waals surface area contributed by atoms with Crippen LogP contribution in [-0.2, 0) is 4.79 Å². The molecular weight excluding hydrogens is 149 g/mol. The molecule has 3 nitrogen and oxygen atoms in total. The van der Waals surface area contributed by atoms with Crippen LogP contribution in [-0.4, -0.2) is 22.8 Å². The first kappa shape index (κ1) is 10.4. The Labute approximate surface area is 65.4 Å². The van der Waals surface area contributed by atoms with E-state index in [2.05, 4.69) is 0 Å². The number of carbonyl (C=O) groups is 1. The summed E-state index contributed by atoms with van der Waals surface area (Å²) in [5.74, 6) is -1.27. The average Bonchev–Trinajstić information content (AvgIpc) is 1.87. The number of carboxylic acids is 1. The van der Waals surface area contributed by atoms with E-state index in [9.17, 15) is 9.18 Å². The number of hydrogen-bond acceptors (Lipinski definition) is 2. The maximum atomic E-state index is 12.7. The molecule has 0 radical (unpaired) electrons. The van der Waals surface area contributed by atoms with E-state index < -0.39 is 17.7 Å². The zero-order valence-electron chi connectivity index (χ0n) is 6.80. The van der Waals surface area contributed by atoms with E-state index in [4.69, 9.17) is 10.8 Å². The van der Waals surface area contributed by atoms with Gasteiger partial charge in [0.15, 0.2) is 0 Å². The zero-order chi connectivity index (χ0) is 9.07. The summed E-state index contributed by atoms with van der Waals surface area (Å²) in [5, 5.41) is 8.57. The van der Waals surface area contributed by atoms with Crippen molar-refractivity contribution in [2.24, 2.45) is 5.73 Å². The number of nitrogens with two attached hydrogens (primary N) is 1. The van der Waals surface area contributed by atoms with Crippen molar-refractivity contribution in [2.45, 2.75) is 38.4 Å². The first-order valence-corrected chi connectivity index (χ1v) is 3.61. The molecule has 0 aliphatic heterocycles. The molecule has 0 rings (SSSR count). The van der Waals surface area contributed by atoms with Crippen molar-refractivity contribution in [1.82, 2.24) is 0 Å². The van der Waals surface area contributed by atoms with Gasteiger partial charge in [-0.2, -0.15) is 0 Å². The van der Waals surface area contributed by atoms with Gasteiger partial charge in [0.2, 0.25) is 0 Å². The summed E-state index contributed by atoms with van der Waals surface area (Å²) in [4.78, 5) is 10.5. The van der Waals surface area contributed by atoms with Gasteiger partial charge in [-0.25, -0.2) is 4.39 Å². The number of rotatable bonds is 4. The zero-order valence-corrected chi connectivity index (χ0v) is 6.80. The molecule has 0 saturated carbocycles. The van der Waals surface area contributed by atoms with Crippen molar-refractivity contribution in [1.29, 1.82) is 0 Å². The highest BCUT2D eigenvalue weighted by atomic mass is 19.1. The fourth-order valence-electron chi connectivity index (χ4n) is 0.890. The summed E-state index contributed by atoms with van der Waals surface area (Å²) >= 11 is 0. The van der Waals surface area contributed by atoms with Gasteiger partial charge < -0.3 is 10.8 Å². The lowest BCUT2D eigenvalue weighted by Gasteiger charge is -2.25. The number of aliphatic carboxylic acids is 1. The maximum Gasteiger partial charge on any atom is 0.326 e. The molecule has 0 aliphatic carbocycles. The van der Waals surface area contributed by atoms with Crippen molar-refractivity contribution in [3.05, 3.63) is 0 Å². The van der Waals surface area contributed by atoms with Gasteiger partial charge in [0, 0.05) is 0 Å². The second-order valence-corrected chi connectivity index (χ2v) is 2.71. The van der Waals surface area contributed by atoms with Crippen LogP contribution in [0.15, 0.2) is 0 Å². The number of halogens is 1. The maximum absolute atomic E-state index is 12.7. The second-order valence-electron chi connectivity index (χ2n) is 2.71. The predicted molar refractivity (Wildman–Crippen MR) is 40.0 cm³/mol. The SMILES string of the molecule is CCCC(N)(C(=O)O)C(C)F. The summed E-state index contributed by atoms with van der Waals surface area (Å²) in [5.41, 5.74) is 3.62. The third-order valence-electron chi connectivity index (χ3n) is 1.77. The molecule has 0 aromatic heterocycles. The van der Waals surface area contributed by atoms with Crippen LogP contribution in [0.5, 0.6) is 0 Å². The normalized spacial score (nSPS) is 18.9. The van der Waals surface area contributed by atoms with E-state index in [1.54, 1.807) is 6.92 Å². The van der Waals surface area contributed by atoms with Gasteiger partial charge >= 0.3 is 5.97 Å². The summed E-state index contributed by atoms with van der Waals surface area (Å²) in [6, 6.07) is 0. The molecule has 0 aromatic carbocycles. The van der Waals surface area contributed by atoms with Crippen LogP contribution in [0.4, 0.5) is 4.39 Å². The molecule has 11 heavy (non-hydrogen) atoms. The molecule has 2 unspecified atom stereocenters. The fourth-order valence-corrected chi connectivity index (χ4v) is 0.890. The van der Waals surface area contributed by atoms with Gasteiger partial charge in [-0.3, -0.25) is 4.79 Å². The van der Waals surface area contributed by atoms with E-state index in [0.29, 0.717) is 6.42 Å². The van der Waals surface area contributed by atoms with Crippen LogP contribution in [0.2, 0.25) is 0 Å². The second kappa shape index (κ2) is 3.67. The third kappa shape index (κ3) is 2.15. The number of alkyl halides is 1. The Bertz CT molecular complexity index is 149. The van der Waals surface area contributed by atoms with E-state index in [1.807, 2.05) is 0 Å². The van der Waals surface area contributed by atoms with E-state index in [1.165, 1.54) is 6.92 Å². The summed E-state index contributed by atoms with van der Waals surface area (Å²) in [6.45, 7) is 2.94. The van der Waals surface area contributed by atoms with Gasteiger partial charge in [0.25, 0.3) is 0 Å². The Hall–Kier alpha value is -0.640. The van der Waals surface area contributed by atoms with Crippen molar-refractivity contribution >= 4 is 5.97 Å². The highest BCUT2D eigenvalue weighted by Gasteiger charge is 2.39. The van der Waals surface area contributed by atoms with E-state index >= 15 is 0 Å². The van der Waals surface area contributed by atoms with Crippen LogP contribution in [0.25, 0.3) is 0 Å². The lowest BCUT2D eigenvalue weighted by atomic mass is 9.91. The minimum Gasteiger partial charge on any atom is -0.480 e. The first-order valence-electron chi connectivity index (χ1n) is 3.61. The molecule has 0 heterocycles. The van der Waals surface area contributed by atoms with Gasteiger partial charge in [-0.1, -0.05) is 13.3 Å². The van der Waals surface area contributed by atoms with E-state index in [0.717, 1.165) is 0 Å². The largest absolute Gasteiger partial charge is 0.480 e. The van der Waals surface area contributed by atoms with Crippen molar-refractivity contribution < 1.29 is 14.3 Å². The molecule has 0 fully saturated rings. The summed E-state index contributed by atoms with van der Waals surface area (Å²) in [7, 11) is 0. The summed E-state index contributed by atoms with van der Waals surface area (Å²) < 4.78 is 12.7. The van der Waals surface area contributed by atoms with Gasteiger partial charge in [0.1, 0.15) is 11.7 Å². The minimum absolute atomic E-state index is 0.167. The Morgan fingerprint density at radius 3 is 2.36 bits per heavy atom. The van der Waals surface area contributed by atoms with Crippen molar-refractivity contribution in [3.8, 4) is 0 Å². The molecule has 0 aliphatic rings. The molecular formula is C7H14FNO2. The standard InChI is InChI=1S/C7H14FNO2/c1-3-4-7(9,5(2)8)6(10)11/h5H,3-4,9H2,1-2H3,(H,10,11). The highest BCUT2D eigenvalue weighted by Crippen LogP contribution is 2.17. The third-order valence-corrected chi connectivity index (χ3v) is 1.77. The number of hydrogen-bond donors (Lipinski definition) is 2. The Balaban J connectivity index is 4.38. The molecule has 0 bridgehead atoms. The van der Waals surface area contributed by atoms with Gasteiger partial charge in [-0.15, -0.1) is 0 Å². The molecule has 4 heteroatoms. The minimum atomic E-state index is -1.70. The van der Waals surface area contributed by atoms with E-state index in [-0.39, 0.29) is 6.42 Å². The Morgan fingerprint density at radius 1 is 1.82 bits per heavy atom. The van der Waals surface area contributed by atoms with Crippen LogP contribution in [0, 0.1) is 0 Å². The lowest BCUT2D eigenvalue weighted by molar-refractivity contribution is -0.146. The highest BCUT2D eigenvalue weighted by molar-refractivity contribution is 5.79. The Kier molecular flexibility index (Phi) is 3.45. The smallest absolute Gasteiger partial charge is 0.326 e. The van der Waals surface area contributed by atoms with Crippen LogP contribution >= 0.6 is 0 Å². The molecule has 2 atom stereocenters. The molecule has 0 saturated heterocycles. The average molecular weight is 163 g/mol. The topological polar surface area (TPSA) is 63.3 Å². The molecule has 66 valence electrons. The van der Waals surface area contributed by atoms with Gasteiger partial charge in [-0.05, 0) is 13.3 Å². The van der Waals surface area contributed by atoms with Crippen molar-refractivity contribution in [3.63, 3.8) is 0 Å². The van der Waals surface area contributed by atoms with Crippen molar-refractivity contribution in [2.75, 3.05) is 0 Å². The summed E-state index contributed by atoms with van der Waals surface area (Å²) in [6.07, 6.45) is -0.781. The lowest BCUT2D eigenvalue weighted by Crippen LogP contribution is -2.54. The van der Waals surface area contributed by atoms with Crippen LogP contribution in [0.1, 0.15) is 26.7 Å².